The molecule has 1 heterocycles. The first kappa shape index (κ1) is 15.7. The van der Waals surface area contributed by atoms with Gasteiger partial charge < -0.3 is 9.84 Å². The molecule has 0 aliphatic heterocycles. The quantitative estimate of drug-likeness (QED) is 0.902. The number of carbonyl (C=O) groups excluding carboxylic acids is 1. The maximum atomic E-state index is 12.1. The monoisotopic (exact) mass is 334 g/mol. The summed E-state index contributed by atoms with van der Waals surface area (Å²) in [5.41, 5.74) is 1.49. The van der Waals surface area contributed by atoms with Crippen LogP contribution in [0.4, 0.5) is 0 Å². The van der Waals surface area contributed by atoms with E-state index in [0.717, 1.165) is 5.56 Å². The molecular weight excluding hydrogens is 316 g/mol. The van der Waals surface area contributed by atoms with E-state index in [9.17, 15) is 13.2 Å². The van der Waals surface area contributed by atoms with Crippen LogP contribution in [0.2, 0.25) is 0 Å². The number of amides is 1. The van der Waals surface area contributed by atoms with E-state index in [1.165, 1.54) is 6.26 Å². The highest BCUT2D eigenvalue weighted by Gasteiger charge is 2.33. The van der Waals surface area contributed by atoms with E-state index >= 15 is 0 Å². The third-order valence-electron chi connectivity index (χ3n) is 3.91. The van der Waals surface area contributed by atoms with Crippen LogP contribution in [0.3, 0.4) is 0 Å². The molecule has 1 aromatic carbocycles. The van der Waals surface area contributed by atoms with Crippen molar-refractivity contribution in [2.24, 2.45) is 5.92 Å². The fourth-order valence-electron chi connectivity index (χ4n) is 2.80. The highest BCUT2D eigenvalue weighted by atomic mass is 32.2. The van der Waals surface area contributed by atoms with Crippen LogP contribution in [-0.2, 0) is 9.84 Å². The van der Waals surface area contributed by atoms with Crippen LogP contribution in [0.5, 0.6) is 0 Å². The average molecular weight is 334 g/mol. The van der Waals surface area contributed by atoms with Gasteiger partial charge in [0.2, 0.25) is 5.76 Å². The summed E-state index contributed by atoms with van der Waals surface area (Å²) >= 11 is 0. The Hall–Kier alpha value is -2.15. The topological polar surface area (TPSA) is 89.3 Å². The lowest BCUT2D eigenvalue weighted by Gasteiger charge is -2.35. The standard InChI is InChI=1S/C16H18N2O4S/c1-23(20,21)10-11-7-13(8-11)17-16(19)15-9-14(18-22-15)12-5-3-2-4-6-12/h2-6,9,11,13H,7-8,10H2,1H3,(H,17,19). The summed E-state index contributed by atoms with van der Waals surface area (Å²) < 4.78 is 27.5. The van der Waals surface area contributed by atoms with Gasteiger partial charge in [-0.3, -0.25) is 4.79 Å². The Labute approximate surface area is 134 Å². The molecule has 0 saturated heterocycles. The van der Waals surface area contributed by atoms with Gasteiger partial charge in [-0.05, 0) is 18.8 Å². The van der Waals surface area contributed by atoms with Gasteiger partial charge in [0.15, 0.2) is 0 Å². The van der Waals surface area contributed by atoms with Gasteiger partial charge in [0.25, 0.3) is 5.91 Å². The molecule has 1 saturated carbocycles. The van der Waals surface area contributed by atoms with Crippen LogP contribution in [0.25, 0.3) is 11.3 Å². The summed E-state index contributed by atoms with van der Waals surface area (Å²) in [7, 11) is -2.96. The van der Waals surface area contributed by atoms with Gasteiger partial charge in [-0.15, -0.1) is 0 Å². The summed E-state index contributed by atoms with van der Waals surface area (Å²) in [6.07, 6.45) is 2.59. The summed E-state index contributed by atoms with van der Waals surface area (Å²) in [5, 5.41) is 6.75. The Bertz CT molecular complexity index is 792. The van der Waals surface area contributed by atoms with Crippen LogP contribution in [-0.4, -0.2) is 37.5 Å². The van der Waals surface area contributed by atoms with Crippen molar-refractivity contribution in [3.8, 4) is 11.3 Å². The highest BCUT2D eigenvalue weighted by Crippen LogP contribution is 2.29. The normalized spacial score (nSPS) is 20.7. The third kappa shape index (κ3) is 3.98. The van der Waals surface area contributed by atoms with Crippen molar-refractivity contribution >= 4 is 15.7 Å². The van der Waals surface area contributed by atoms with Gasteiger partial charge >= 0.3 is 0 Å². The molecule has 1 aliphatic carbocycles. The summed E-state index contributed by atoms with van der Waals surface area (Å²) in [5.74, 6) is 0.155. The molecule has 1 amide bonds. The maximum Gasteiger partial charge on any atom is 0.290 e. The van der Waals surface area contributed by atoms with Gasteiger partial charge in [0.05, 0.1) is 5.75 Å². The average Bonchev–Trinajstić information content (AvgIpc) is 2.94. The zero-order chi connectivity index (χ0) is 16.4. The van der Waals surface area contributed by atoms with Crippen LogP contribution in [0.15, 0.2) is 40.9 Å². The number of hydrogen-bond acceptors (Lipinski definition) is 5. The molecule has 6 nitrogen and oxygen atoms in total. The molecule has 0 spiro atoms. The van der Waals surface area contributed by atoms with Crippen molar-refractivity contribution in [3.63, 3.8) is 0 Å². The first-order valence-corrected chi connectivity index (χ1v) is 9.47. The minimum atomic E-state index is -2.96. The van der Waals surface area contributed by atoms with E-state index in [1.54, 1.807) is 6.07 Å². The number of hydrogen-bond donors (Lipinski definition) is 1. The van der Waals surface area contributed by atoms with E-state index in [4.69, 9.17) is 4.52 Å². The molecule has 7 heteroatoms. The van der Waals surface area contributed by atoms with Crippen molar-refractivity contribution in [2.75, 3.05) is 12.0 Å². The van der Waals surface area contributed by atoms with Crippen LogP contribution >= 0.6 is 0 Å². The lowest BCUT2D eigenvalue weighted by atomic mass is 9.81. The van der Waals surface area contributed by atoms with Crippen molar-refractivity contribution in [1.29, 1.82) is 0 Å². The molecule has 0 bridgehead atoms. The molecule has 0 unspecified atom stereocenters. The Morgan fingerprint density at radius 1 is 1.30 bits per heavy atom. The van der Waals surface area contributed by atoms with Crippen LogP contribution < -0.4 is 5.32 Å². The molecular formula is C16H18N2O4S. The second-order valence-electron chi connectivity index (χ2n) is 6.04. The fourth-order valence-corrected chi connectivity index (χ4v) is 3.93. The number of nitrogens with one attached hydrogen (secondary N) is 1. The smallest absolute Gasteiger partial charge is 0.290 e. The highest BCUT2D eigenvalue weighted by molar-refractivity contribution is 7.90. The molecule has 0 atom stereocenters. The van der Waals surface area contributed by atoms with Crippen molar-refractivity contribution in [1.82, 2.24) is 10.5 Å². The first-order chi connectivity index (χ1) is 10.9. The zero-order valence-corrected chi connectivity index (χ0v) is 13.5. The van der Waals surface area contributed by atoms with E-state index in [-0.39, 0.29) is 29.4 Å². The zero-order valence-electron chi connectivity index (χ0n) is 12.7. The minimum Gasteiger partial charge on any atom is -0.350 e. The van der Waals surface area contributed by atoms with Gasteiger partial charge in [-0.1, -0.05) is 35.5 Å². The van der Waals surface area contributed by atoms with E-state index in [2.05, 4.69) is 10.5 Å². The molecule has 0 radical (unpaired) electrons. The second-order valence-corrected chi connectivity index (χ2v) is 8.23. The SMILES string of the molecule is CS(=O)(=O)CC1CC(NC(=O)c2cc(-c3ccccc3)no2)C1. The van der Waals surface area contributed by atoms with E-state index in [1.807, 2.05) is 30.3 Å². The molecule has 23 heavy (non-hydrogen) atoms. The number of aromatic nitrogens is 1. The molecule has 1 fully saturated rings. The number of benzene rings is 1. The Morgan fingerprint density at radius 3 is 2.65 bits per heavy atom. The Kier molecular flexibility index (Phi) is 4.21. The first-order valence-electron chi connectivity index (χ1n) is 7.41. The van der Waals surface area contributed by atoms with Gasteiger partial charge in [-0.25, -0.2) is 8.42 Å². The number of carbonyl (C=O) groups is 1. The minimum absolute atomic E-state index is 0.000440. The predicted octanol–water partition coefficient (Wildman–Crippen LogP) is 1.89. The molecule has 3 rings (SSSR count). The molecule has 122 valence electrons. The number of rotatable bonds is 5. The van der Waals surface area contributed by atoms with Crippen molar-refractivity contribution in [3.05, 3.63) is 42.2 Å². The van der Waals surface area contributed by atoms with E-state index < -0.39 is 9.84 Å². The third-order valence-corrected chi connectivity index (χ3v) is 4.99. The number of nitrogens with zero attached hydrogens (tertiary/aromatic N) is 1. The lowest BCUT2D eigenvalue weighted by Crippen LogP contribution is -2.46. The van der Waals surface area contributed by atoms with E-state index in [0.29, 0.717) is 18.5 Å². The lowest BCUT2D eigenvalue weighted by molar-refractivity contribution is 0.0859. The van der Waals surface area contributed by atoms with Gasteiger partial charge in [-0.2, -0.15) is 0 Å². The predicted molar refractivity (Wildman–Crippen MR) is 85.6 cm³/mol. The summed E-state index contributed by atoms with van der Waals surface area (Å²) in [4.78, 5) is 12.1. The second kappa shape index (κ2) is 6.16. The maximum absolute atomic E-state index is 12.1. The largest absolute Gasteiger partial charge is 0.350 e. The number of sulfone groups is 1. The van der Waals surface area contributed by atoms with Crippen LogP contribution in [0, 0.1) is 5.92 Å². The van der Waals surface area contributed by atoms with Crippen molar-refractivity contribution in [2.45, 2.75) is 18.9 Å². The Morgan fingerprint density at radius 2 is 2.00 bits per heavy atom. The fraction of sp³-hybridized carbons (Fsp3) is 0.375. The Balaban J connectivity index is 1.55. The molecule has 1 aromatic heterocycles. The van der Waals surface area contributed by atoms with Crippen molar-refractivity contribution < 1.29 is 17.7 Å². The summed E-state index contributed by atoms with van der Waals surface area (Å²) in [6, 6.07) is 11.1. The van der Waals surface area contributed by atoms with Crippen LogP contribution in [0.1, 0.15) is 23.4 Å². The molecule has 1 N–H and O–H groups in total. The van der Waals surface area contributed by atoms with Gasteiger partial charge in [0.1, 0.15) is 15.5 Å². The molecule has 2 aromatic rings. The van der Waals surface area contributed by atoms with Gasteiger partial charge in [0, 0.05) is 23.9 Å². The summed E-state index contributed by atoms with van der Waals surface area (Å²) in [6.45, 7) is 0. The molecule has 1 aliphatic rings.